The molecule has 3 aromatic rings. The van der Waals surface area contributed by atoms with Crippen LogP contribution in [-0.2, 0) is 16.2 Å². The number of hydrogen-bond acceptors (Lipinski definition) is 5. The van der Waals surface area contributed by atoms with E-state index in [4.69, 9.17) is 21.1 Å². The minimum Gasteiger partial charge on any atom is -0.490 e. The summed E-state index contributed by atoms with van der Waals surface area (Å²) < 4.78 is 13.4. The molecule has 1 saturated heterocycles. The first-order valence-corrected chi connectivity index (χ1v) is 13.4. The average Bonchev–Trinajstić information content (AvgIpc) is 2.84. The van der Waals surface area contributed by atoms with Crippen molar-refractivity contribution in [1.82, 2.24) is 5.32 Å². The monoisotopic (exact) mass is 694 g/mol. The molecule has 0 aromatic heterocycles. The number of nitrogens with one attached hydrogen (secondary N) is 1. The quantitative estimate of drug-likeness (QED) is 0.170. The Morgan fingerprint density at radius 2 is 1.78 bits per heavy atom. The summed E-state index contributed by atoms with van der Waals surface area (Å²) in [6.07, 6.45) is 1.44. The number of anilines is 1. The first kappa shape index (κ1) is 27.2. The predicted octanol–water partition coefficient (Wildman–Crippen LogP) is 6.66. The molecule has 0 aliphatic carbocycles. The Hall–Kier alpha value is -2.89. The van der Waals surface area contributed by atoms with Crippen LogP contribution in [0.15, 0.2) is 64.6 Å². The number of benzene rings is 3. The molecule has 0 bridgehead atoms. The van der Waals surface area contributed by atoms with Crippen LogP contribution in [0.4, 0.5) is 10.5 Å². The molecule has 37 heavy (non-hydrogen) atoms. The summed E-state index contributed by atoms with van der Waals surface area (Å²) in [5.41, 5.74) is 2.51. The van der Waals surface area contributed by atoms with Crippen LogP contribution in [0.5, 0.6) is 11.5 Å². The molecule has 190 valence electrons. The van der Waals surface area contributed by atoms with Crippen molar-refractivity contribution < 1.29 is 23.9 Å². The van der Waals surface area contributed by atoms with Crippen molar-refractivity contribution in [3.8, 4) is 11.5 Å². The molecule has 0 unspecified atom stereocenters. The highest BCUT2D eigenvalue weighted by Crippen LogP contribution is 2.36. The van der Waals surface area contributed by atoms with Crippen molar-refractivity contribution in [3.05, 3.63) is 89.9 Å². The van der Waals surface area contributed by atoms with Gasteiger partial charge < -0.3 is 9.47 Å². The number of hydrogen-bond donors (Lipinski definition) is 1. The minimum atomic E-state index is -0.801. The van der Waals surface area contributed by atoms with Crippen LogP contribution < -0.4 is 19.7 Å². The van der Waals surface area contributed by atoms with E-state index in [1.54, 1.807) is 42.5 Å². The molecule has 1 fully saturated rings. The van der Waals surface area contributed by atoms with Gasteiger partial charge in [-0.3, -0.25) is 14.9 Å². The lowest BCUT2D eigenvalue weighted by atomic mass is 10.1. The third kappa shape index (κ3) is 6.16. The van der Waals surface area contributed by atoms with E-state index in [0.717, 1.165) is 24.1 Å². The molecule has 3 aromatic carbocycles. The molecule has 0 radical (unpaired) electrons. The first-order chi connectivity index (χ1) is 17.7. The van der Waals surface area contributed by atoms with Crippen molar-refractivity contribution >= 4 is 79.7 Å². The van der Waals surface area contributed by atoms with E-state index in [2.05, 4.69) is 43.8 Å². The van der Waals surface area contributed by atoms with Crippen LogP contribution in [0.1, 0.15) is 23.6 Å². The highest BCUT2D eigenvalue weighted by Gasteiger charge is 2.37. The van der Waals surface area contributed by atoms with Gasteiger partial charge in [-0.1, -0.05) is 39.7 Å². The number of urea groups is 1. The zero-order chi connectivity index (χ0) is 26.7. The molecule has 1 aliphatic rings. The highest BCUT2D eigenvalue weighted by molar-refractivity contribution is 14.1. The molecule has 10 heteroatoms. The van der Waals surface area contributed by atoms with E-state index < -0.39 is 17.8 Å². The maximum absolute atomic E-state index is 13.3. The molecule has 1 N–H and O–H groups in total. The second kappa shape index (κ2) is 11.7. The van der Waals surface area contributed by atoms with Crippen molar-refractivity contribution in [2.45, 2.75) is 20.5 Å². The lowest BCUT2D eigenvalue weighted by molar-refractivity contribution is -0.122. The summed E-state index contributed by atoms with van der Waals surface area (Å²) >= 11 is 11.5. The zero-order valence-electron chi connectivity index (χ0n) is 19.8. The Bertz CT molecular complexity index is 1430. The van der Waals surface area contributed by atoms with Gasteiger partial charge in [0.05, 0.1) is 15.9 Å². The number of carbonyl (C=O) groups excluding carboxylic acids is 3. The zero-order valence-corrected chi connectivity index (χ0v) is 24.3. The number of halogens is 3. The van der Waals surface area contributed by atoms with E-state index in [-0.39, 0.29) is 5.57 Å². The molecule has 1 heterocycles. The van der Waals surface area contributed by atoms with Gasteiger partial charge in [-0.05, 0) is 102 Å². The minimum absolute atomic E-state index is 0.173. The lowest BCUT2D eigenvalue weighted by Crippen LogP contribution is -2.54. The van der Waals surface area contributed by atoms with E-state index in [0.29, 0.717) is 41.0 Å². The van der Waals surface area contributed by atoms with Gasteiger partial charge in [0.15, 0.2) is 11.5 Å². The van der Waals surface area contributed by atoms with Crippen molar-refractivity contribution in [2.75, 3.05) is 11.5 Å². The number of rotatable bonds is 7. The smallest absolute Gasteiger partial charge is 0.335 e. The maximum Gasteiger partial charge on any atom is 0.335 e. The largest absolute Gasteiger partial charge is 0.490 e. The van der Waals surface area contributed by atoms with Crippen molar-refractivity contribution in [3.63, 3.8) is 0 Å². The van der Waals surface area contributed by atoms with Crippen molar-refractivity contribution in [2.24, 2.45) is 0 Å². The Kier molecular flexibility index (Phi) is 8.56. The van der Waals surface area contributed by atoms with Crippen LogP contribution in [-0.4, -0.2) is 24.5 Å². The summed E-state index contributed by atoms with van der Waals surface area (Å²) in [4.78, 5) is 39.4. The highest BCUT2D eigenvalue weighted by atomic mass is 127. The first-order valence-electron chi connectivity index (χ1n) is 11.2. The van der Waals surface area contributed by atoms with Gasteiger partial charge in [-0.15, -0.1) is 0 Å². The second-order valence-corrected chi connectivity index (χ2v) is 10.5. The fourth-order valence-corrected chi connectivity index (χ4v) is 4.79. The van der Waals surface area contributed by atoms with Gasteiger partial charge in [0.1, 0.15) is 12.2 Å². The fourth-order valence-electron chi connectivity index (χ4n) is 3.64. The second-order valence-electron chi connectivity index (χ2n) is 8.07. The Morgan fingerprint density at radius 1 is 1.05 bits per heavy atom. The van der Waals surface area contributed by atoms with Gasteiger partial charge in [0.25, 0.3) is 11.8 Å². The van der Waals surface area contributed by atoms with Gasteiger partial charge in [-0.2, -0.15) is 0 Å². The van der Waals surface area contributed by atoms with Gasteiger partial charge in [0, 0.05) is 9.50 Å². The molecule has 4 rings (SSSR count). The summed E-state index contributed by atoms with van der Waals surface area (Å²) in [6, 6.07) is 15.1. The molecular formula is C27H21BrClIN2O5. The number of barbiturate groups is 1. The topological polar surface area (TPSA) is 84.9 Å². The molecule has 1 aliphatic heterocycles. The van der Waals surface area contributed by atoms with Crippen LogP contribution in [0, 0.1) is 10.5 Å². The summed E-state index contributed by atoms with van der Waals surface area (Å²) in [6.45, 7) is 4.38. The molecule has 0 spiro atoms. The van der Waals surface area contributed by atoms with Crippen molar-refractivity contribution in [1.29, 1.82) is 0 Å². The molecule has 4 amide bonds. The Balaban J connectivity index is 1.66. The SMILES string of the molecule is CCOc1cc(/C=C2\C(=O)NC(=O)N(c3ccc(Br)c(C)c3)C2=O)cc(I)c1OCc1ccc(Cl)cc1. The normalized spacial score (nSPS) is 14.7. The van der Waals surface area contributed by atoms with Gasteiger partial charge in [-0.25, -0.2) is 9.69 Å². The number of aryl methyl sites for hydroxylation is 1. The van der Waals surface area contributed by atoms with E-state index in [1.165, 1.54) is 6.08 Å². The number of amides is 4. The third-order valence-electron chi connectivity index (χ3n) is 5.44. The number of nitrogens with zero attached hydrogens (tertiary/aromatic N) is 1. The van der Waals surface area contributed by atoms with Gasteiger partial charge in [0.2, 0.25) is 0 Å². The van der Waals surface area contributed by atoms with Crippen LogP contribution >= 0.6 is 50.1 Å². The number of carbonyl (C=O) groups is 3. The molecule has 7 nitrogen and oxygen atoms in total. The summed E-state index contributed by atoms with van der Waals surface area (Å²) in [7, 11) is 0. The molecule has 0 saturated carbocycles. The third-order valence-corrected chi connectivity index (χ3v) is 7.38. The van der Waals surface area contributed by atoms with Crippen LogP contribution in [0.25, 0.3) is 6.08 Å². The van der Waals surface area contributed by atoms with Crippen LogP contribution in [0.3, 0.4) is 0 Å². The van der Waals surface area contributed by atoms with Crippen LogP contribution in [0.2, 0.25) is 5.02 Å². The Labute approximate surface area is 241 Å². The standard InChI is InChI=1S/C27H21BrClIN2O5/c1-3-36-23-13-17(12-22(30)24(23)37-14-16-4-6-18(29)7-5-16)11-20-25(33)31-27(35)32(26(20)34)19-8-9-21(28)15(2)10-19/h4-13H,3,14H2,1-2H3,(H,31,33,35)/b20-11+. The maximum atomic E-state index is 13.3. The number of imide groups is 2. The van der Waals surface area contributed by atoms with E-state index >= 15 is 0 Å². The van der Waals surface area contributed by atoms with E-state index in [9.17, 15) is 14.4 Å². The summed E-state index contributed by atoms with van der Waals surface area (Å²) in [5, 5.41) is 2.89. The lowest BCUT2D eigenvalue weighted by Gasteiger charge is -2.26. The fraction of sp³-hybridized carbons (Fsp3) is 0.148. The van der Waals surface area contributed by atoms with Gasteiger partial charge >= 0.3 is 6.03 Å². The summed E-state index contributed by atoms with van der Waals surface area (Å²) in [5.74, 6) is -0.473. The predicted molar refractivity (Wildman–Crippen MR) is 154 cm³/mol. The Morgan fingerprint density at radius 3 is 2.46 bits per heavy atom. The van der Waals surface area contributed by atoms with E-state index in [1.807, 2.05) is 26.0 Å². The average molecular weight is 696 g/mol. The number of ether oxygens (including phenoxy) is 2. The molecular weight excluding hydrogens is 675 g/mol. The molecule has 0 atom stereocenters.